The summed E-state index contributed by atoms with van der Waals surface area (Å²) >= 11 is 4.07. The van der Waals surface area contributed by atoms with E-state index in [1.54, 1.807) is 0 Å². The molecule has 290 valence electrons. The Morgan fingerprint density at radius 3 is 1.08 bits per heavy atom. The van der Waals surface area contributed by atoms with E-state index < -0.39 is 69.7 Å². The van der Waals surface area contributed by atoms with Crippen molar-refractivity contribution >= 4 is 12.6 Å². The van der Waals surface area contributed by atoms with Gasteiger partial charge in [-0.2, -0.15) is 65.3 Å². The number of rotatable bonds is 33. The Morgan fingerprint density at radius 1 is 0.375 bits per heavy atom. The number of halogens is 12. The highest BCUT2D eigenvalue weighted by Gasteiger charge is 2.74. The van der Waals surface area contributed by atoms with Crippen LogP contribution in [0.2, 0.25) is 0 Å². The summed E-state index contributed by atoms with van der Waals surface area (Å²) < 4.78 is 195. The van der Waals surface area contributed by atoms with Crippen LogP contribution in [-0.4, -0.2) is 120 Å². The SMILES string of the molecule is OCCOCCOCCOCCOCC(F)(F)OC(F)(F)C(F)(F)OC(F)(F)C(F)(F)OC(F)(F)COCCCCCCCCCCS. The van der Waals surface area contributed by atoms with Crippen LogP contribution in [0.4, 0.5) is 52.7 Å². The van der Waals surface area contributed by atoms with Crippen molar-refractivity contribution in [2.45, 2.75) is 88.0 Å². The van der Waals surface area contributed by atoms with Gasteiger partial charge in [-0.1, -0.05) is 38.5 Å². The van der Waals surface area contributed by atoms with Gasteiger partial charge >= 0.3 is 36.7 Å². The molecule has 0 heterocycles. The molecule has 0 unspecified atom stereocenters. The van der Waals surface area contributed by atoms with Crippen molar-refractivity contribution in [1.29, 1.82) is 0 Å². The van der Waals surface area contributed by atoms with Crippen LogP contribution < -0.4 is 0 Å². The maximum Gasteiger partial charge on any atom is 0.453 e. The van der Waals surface area contributed by atoms with Gasteiger partial charge in [-0.15, -0.1) is 0 Å². The zero-order valence-electron chi connectivity index (χ0n) is 25.8. The molecule has 0 spiro atoms. The maximum absolute atomic E-state index is 13.7. The molecule has 0 bridgehead atoms. The molecule has 0 aliphatic carbocycles. The monoisotopic (exact) mass is 758 g/mol. The minimum atomic E-state index is -6.95. The normalized spacial score (nSPS) is 13.9. The first kappa shape index (κ1) is 47.1. The van der Waals surface area contributed by atoms with Gasteiger partial charge in [0.05, 0.1) is 52.9 Å². The van der Waals surface area contributed by atoms with E-state index in [1.807, 2.05) is 0 Å². The predicted molar refractivity (Wildman–Crippen MR) is 145 cm³/mol. The van der Waals surface area contributed by atoms with E-state index in [4.69, 9.17) is 19.3 Å². The fourth-order valence-corrected chi connectivity index (χ4v) is 3.54. The Labute approximate surface area is 275 Å². The standard InChI is InChI=1S/C26H42F12O9S/c27-21(28,19-43-10-7-5-3-1-2-4-6-8-18-48)45-23(31,32)25(35,36)47-26(37,38)24(33,34)46-22(29,30)20-44-17-16-42-15-14-41-13-12-40-11-9-39/h39,48H,1-20H2. The summed E-state index contributed by atoms with van der Waals surface area (Å²) in [6, 6.07) is 0. The van der Waals surface area contributed by atoms with Crippen LogP contribution in [0.5, 0.6) is 0 Å². The molecule has 0 aromatic carbocycles. The van der Waals surface area contributed by atoms with E-state index in [0.29, 0.717) is 12.8 Å². The van der Waals surface area contributed by atoms with Crippen molar-refractivity contribution in [3.63, 3.8) is 0 Å². The number of unbranched alkanes of at least 4 members (excludes halogenated alkanes) is 7. The summed E-state index contributed by atoms with van der Waals surface area (Å²) in [6.07, 6.45) is -31.9. The van der Waals surface area contributed by atoms with Crippen LogP contribution in [0.3, 0.4) is 0 Å². The summed E-state index contributed by atoms with van der Waals surface area (Å²) in [7, 11) is 0. The number of aliphatic hydroxyl groups excluding tert-OH is 1. The van der Waals surface area contributed by atoms with Crippen LogP contribution in [-0.2, 0) is 37.9 Å². The summed E-state index contributed by atoms with van der Waals surface area (Å²) in [6.45, 7) is -5.75. The molecule has 22 heteroatoms. The molecule has 0 rings (SSSR count). The lowest BCUT2D eigenvalue weighted by Gasteiger charge is -2.34. The van der Waals surface area contributed by atoms with E-state index >= 15 is 0 Å². The van der Waals surface area contributed by atoms with E-state index in [0.717, 1.165) is 37.9 Å². The van der Waals surface area contributed by atoms with Crippen LogP contribution in [0, 0.1) is 0 Å². The van der Waals surface area contributed by atoms with Gasteiger partial charge in [-0.25, -0.2) is 14.2 Å². The Hall–Kier alpha value is -0.850. The highest BCUT2D eigenvalue weighted by Crippen LogP contribution is 2.48. The molecule has 9 nitrogen and oxygen atoms in total. The summed E-state index contributed by atoms with van der Waals surface area (Å²) in [5, 5.41) is 8.50. The molecule has 1 N–H and O–H groups in total. The molecular formula is C26H42F12O9S. The molecule has 0 aromatic heterocycles. The first-order valence-corrected chi connectivity index (χ1v) is 15.4. The highest BCUT2D eigenvalue weighted by atomic mass is 32.1. The average Bonchev–Trinajstić information content (AvgIpc) is 2.94. The third-order valence-corrected chi connectivity index (χ3v) is 5.89. The summed E-state index contributed by atoms with van der Waals surface area (Å²) in [5.41, 5.74) is 0. The summed E-state index contributed by atoms with van der Waals surface area (Å²) in [5.74, 6) is 0.764. The summed E-state index contributed by atoms with van der Waals surface area (Å²) in [4.78, 5) is 0. The largest absolute Gasteiger partial charge is 0.453 e. The number of alkyl halides is 12. The van der Waals surface area contributed by atoms with Crippen molar-refractivity contribution in [3.05, 3.63) is 0 Å². The van der Waals surface area contributed by atoms with E-state index in [1.165, 1.54) is 0 Å². The Balaban J connectivity index is 4.65. The van der Waals surface area contributed by atoms with Crippen LogP contribution in [0.15, 0.2) is 0 Å². The molecule has 0 atom stereocenters. The zero-order chi connectivity index (χ0) is 36.8. The maximum atomic E-state index is 13.7. The molecule has 0 aliphatic rings. The molecule has 0 fully saturated rings. The van der Waals surface area contributed by atoms with Gasteiger partial charge in [0.2, 0.25) is 0 Å². The predicted octanol–water partition coefficient (Wildman–Crippen LogP) is 6.72. The average molecular weight is 759 g/mol. The Morgan fingerprint density at radius 2 is 0.688 bits per heavy atom. The molecule has 48 heavy (non-hydrogen) atoms. The number of aliphatic hydroxyl groups is 1. The molecule has 0 aromatic rings. The Kier molecular flexibility index (Phi) is 23.2. The van der Waals surface area contributed by atoms with Gasteiger partial charge in [-0.3, -0.25) is 0 Å². The molecule has 0 radical (unpaired) electrons. The van der Waals surface area contributed by atoms with Crippen molar-refractivity contribution in [1.82, 2.24) is 0 Å². The highest BCUT2D eigenvalue weighted by molar-refractivity contribution is 7.80. The van der Waals surface area contributed by atoms with E-state index in [9.17, 15) is 52.7 Å². The van der Waals surface area contributed by atoms with Gasteiger partial charge in [0.25, 0.3) is 0 Å². The second kappa shape index (κ2) is 23.6. The molecule has 0 amide bonds. The van der Waals surface area contributed by atoms with Crippen molar-refractivity contribution in [2.75, 3.05) is 78.4 Å². The quantitative estimate of drug-likeness (QED) is 0.0430. The molecular weight excluding hydrogens is 716 g/mol. The topological polar surface area (TPSA) is 94.1 Å². The third-order valence-electron chi connectivity index (χ3n) is 5.58. The van der Waals surface area contributed by atoms with Gasteiger partial charge in [0, 0.05) is 6.61 Å². The second-order valence-corrected chi connectivity index (χ2v) is 10.3. The zero-order valence-corrected chi connectivity index (χ0v) is 26.7. The molecule has 0 saturated heterocycles. The van der Waals surface area contributed by atoms with Gasteiger partial charge in [0.15, 0.2) is 0 Å². The van der Waals surface area contributed by atoms with Crippen molar-refractivity contribution in [2.24, 2.45) is 0 Å². The minimum absolute atomic E-state index is 0.00113. The molecule has 0 saturated carbocycles. The smallest absolute Gasteiger partial charge is 0.394 e. The Bertz CT molecular complexity index is 818. The van der Waals surface area contributed by atoms with Gasteiger partial charge in [0.1, 0.15) is 13.2 Å². The number of thiol groups is 1. The van der Waals surface area contributed by atoms with Crippen LogP contribution >= 0.6 is 12.6 Å². The fourth-order valence-electron chi connectivity index (χ4n) is 3.32. The van der Waals surface area contributed by atoms with Crippen LogP contribution in [0.1, 0.15) is 51.4 Å². The number of hydrogen-bond acceptors (Lipinski definition) is 10. The van der Waals surface area contributed by atoms with Crippen molar-refractivity contribution < 1.29 is 95.7 Å². The van der Waals surface area contributed by atoms with Crippen molar-refractivity contribution in [3.8, 4) is 0 Å². The third kappa shape index (κ3) is 21.4. The lowest BCUT2D eigenvalue weighted by Crippen LogP contribution is -2.58. The lowest BCUT2D eigenvalue weighted by atomic mass is 10.1. The minimum Gasteiger partial charge on any atom is -0.394 e. The number of ether oxygens (including phenoxy) is 8. The fraction of sp³-hybridized carbons (Fsp3) is 1.00. The van der Waals surface area contributed by atoms with Gasteiger partial charge in [-0.05, 0) is 18.6 Å². The molecule has 0 aliphatic heterocycles. The first-order chi connectivity index (χ1) is 22.2. The van der Waals surface area contributed by atoms with E-state index in [2.05, 4.69) is 36.3 Å². The van der Waals surface area contributed by atoms with E-state index in [-0.39, 0.29) is 46.1 Å². The number of hydrogen-bond donors (Lipinski definition) is 2. The van der Waals surface area contributed by atoms with Crippen LogP contribution in [0.25, 0.3) is 0 Å². The second-order valence-electron chi connectivity index (χ2n) is 9.87. The van der Waals surface area contributed by atoms with Gasteiger partial charge < -0.3 is 28.8 Å². The lowest BCUT2D eigenvalue weighted by molar-refractivity contribution is -0.558. The first-order valence-electron chi connectivity index (χ1n) is 14.7.